The summed E-state index contributed by atoms with van der Waals surface area (Å²) in [5.41, 5.74) is 6.14. The Labute approximate surface area is 81.5 Å². The second-order valence-corrected chi connectivity index (χ2v) is 3.62. The van der Waals surface area contributed by atoms with E-state index >= 15 is 0 Å². The molecule has 0 aromatic carbocycles. The van der Waals surface area contributed by atoms with Crippen molar-refractivity contribution in [3.8, 4) is 0 Å². The van der Waals surface area contributed by atoms with Crippen LogP contribution in [0.1, 0.15) is 0 Å². The van der Waals surface area contributed by atoms with E-state index in [-0.39, 0.29) is 21.5 Å². The Morgan fingerprint density at radius 2 is 2.42 bits per heavy atom. The molecule has 2 N–H and O–H groups in total. The fraction of sp³-hybridized carbons (Fsp3) is 0.333. The van der Waals surface area contributed by atoms with Gasteiger partial charge in [-0.15, -0.1) is 0 Å². The van der Waals surface area contributed by atoms with Crippen molar-refractivity contribution in [1.82, 2.24) is 7.99 Å². The first kappa shape index (κ1) is 11.2. The number of alkyl halides is 1. The molecule has 0 unspecified atom stereocenters. The van der Waals surface area contributed by atoms with Gasteiger partial charge in [0.2, 0.25) is 0 Å². The molecule has 0 aliphatic rings. The number of aromatic nitrogens is 2. The van der Waals surface area contributed by atoms with Gasteiger partial charge in [0.25, 0.3) is 6.47 Å². The maximum atomic E-state index is 8.95. The fourth-order valence-corrected chi connectivity index (χ4v) is 1.38. The van der Waals surface area contributed by atoms with Crippen molar-refractivity contribution in [3.63, 3.8) is 0 Å². The number of ether oxygens (including phenoxy) is 1. The molecule has 0 aliphatic carbocycles. The molecule has 1 aromatic rings. The van der Waals surface area contributed by atoms with Gasteiger partial charge in [0, 0.05) is 0 Å². The third kappa shape index (κ3) is 4.94. The number of methoxy groups -OCH3 is 1. The monoisotopic (exact) mass is 284 g/mol. The van der Waals surface area contributed by atoms with E-state index in [2.05, 4.69) is 14.8 Å². The van der Waals surface area contributed by atoms with Gasteiger partial charge < -0.3 is 4.74 Å². The van der Waals surface area contributed by atoms with Crippen LogP contribution in [-0.2, 0) is 9.53 Å². The van der Waals surface area contributed by atoms with E-state index in [4.69, 9.17) is 10.5 Å². The van der Waals surface area contributed by atoms with Gasteiger partial charge in [-0.1, -0.05) is 0 Å². The predicted octanol–water partition coefficient (Wildman–Crippen LogP) is -3.26. The third-order valence-corrected chi connectivity index (χ3v) is 2.36. The van der Waals surface area contributed by atoms with Crippen molar-refractivity contribution in [2.75, 3.05) is 17.8 Å². The van der Waals surface area contributed by atoms with Crippen molar-refractivity contribution in [2.24, 2.45) is 0 Å². The van der Waals surface area contributed by atoms with Crippen LogP contribution in [0.4, 0.5) is 5.69 Å². The van der Waals surface area contributed by atoms with Crippen LogP contribution in [-0.4, -0.2) is 26.5 Å². The van der Waals surface area contributed by atoms with Gasteiger partial charge >= 0.3 is 58.2 Å². The average molecular weight is 284 g/mol. The average Bonchev–Trinajstić information content (AvgIpc) is 2.52. The second kappa shape index (κ2) is 6.89. The number of nitrogens with zero attached hydrogens (tertiary/aromatic N) is 2. The normalized spacial score (nSPS) is 8.50. The number of hydrogen-bond donors (Lipinski definition) is 1. The summed E-state index contributed by atoms with van der Waals surface area (Å²) in [5, 5.41) is 3.97. The molecule has 12 heavy (non-hydrogen) atoms. The predicted molar refractivity (Wildman–Crippen MR) is 41.0 cm³/mol. The quantitative estimate of drug-likeness (QED) is 0.351. The van der Waals surface area contributed by atoms with Crippen molar-refractivity contribution in [2.45, 2.75) is 0 Å². The van der Waals surface area contributed by atoms with Crippen molar-refractivity contribution < 1.29 is 31.0 Å². The molecule has 1 aromatic heterocycles. The summed E-state index contributed by atoms with van der Waals surface area (Å²) in [4.78, 5) is 11.1. The van der Waals surface area contributed by atoms with Gasteiger partial charge in [0.15, 0.2) is 0 Å². The minimum absolute atomic E-state index is 0.0557. The van der Waals surface area contributed by atoms with Gasteiger partial charge in [0.1, 0.15) is 0 Å². The minimum atomic E-state index is 0.0557. The van der Waals surface area contributed by atoms with Gasteiger partial charge in [-0.25, -0.2) is 0 Å². The SMILES string of the molecule is COC=O.C[I-]n1cc(N)cn1. The van der Waals surface area contributed by atoms with Crippen molar-refractivity contribution in [1.29, 1.82) is 0 Å². The van der Waals surface area contributed by atoms with E-state index < -0.39 is 0 Å². The number of carbonyl (C=O) groups excluding carboxylic acids is 1. The Kier molecular flexibility index (Phi) is 6.44. The number of carbonyl (C=O) groups is 1. The first-order chi connectivity index (χ1) is 5.74. The number of rotatable bonds is 2. The zero-order valence-electron chi connectivity index (χ0n) is 6.90. The van der Waals surface area contributed by atoms with Crippen molar-refractivity contribution >= 4 is 12.2 Å². The molecule has 1 rings (SSSR count). The van der Waals surface area contributed by atoms with Crippen LogP contribution in [0.15, 0.2) is 12.4 Å². The summed E-state index contributed by atoms with van der Waals surface area (Å²) in [6.45, 7) is 0.375. The number of hydrogen-bond acceptors (Lipinski definition) is 4. The van der Waals surface area contributed by atoms with Crippen LogP contribution >= 0.6 is 0 Å². The molecule has 0 amide bonds. The molecule has 0 saturated carbocycles. The van der Waals surface area contributed by atoms with E-state index in [1.165, 1.54) is 7.11 Å². The molecule has 6 heteroatoms. The molecule has 0 fully saturated rings. The van der Waals surface area contributed by atoms with E-state index in [0.29, 0.717) is 6.47 Å². The standard InChI is InChI=1S/C4H7IN3.C2H4O2/c1-5-8-3-4(6)2-7-8;1-4-2-3/h2-3H,6H2,1H3;2H,1H3/q-1;. The Hall–Kier alpha value is -0.790. The van der Waals surface area contributed by atoms with Crippen LogP contribution in [0.5, 0.6) is 0 Å². The summed E-state index contributed by atoms with van der Waals surface area (Å²) in [6, 6.07) is 0. The second-order valence-electron chi connectivity index (χ2n) is 1.66. The van der Waals surface area contributed by atoms with Gasteiger partial charge in [0.05, 0.1) is 7.11 Å². The van der Waals surface area contributed by atoms with Crippen LogP contribution in [0.25, 0.3) is 0 Å². The molecule has 1 heterocycles. The van der Waals surface area contributed by atoms with Crippen LogP contribution in [0.2, 0.25) is 0 Å². The molecular formula is C6H11IN3O2-. The zero-order chi connectivity index (χ0) is 9.40. The van der Waals surface area contributed by atoms with E-state index in [9.17, 15) is 0 Å². The van der Waals surface area contributed by atoms with Crippen LogP contribution in [0.3, 0.4) is 0 Å². The van der Waals surface area contributed by atoms with Crippen molar-refractivity contribution in [3.05, 3.63) is 12.4 Å². The molecule has 5 nitrogen and oxygen atoms in total. The number of anilines is 1. The van der Waals surface area contributed by atoms with E-state index in [1.54, 1.807) is 6.20 Å². The third-order valence-electron chi connectivity index (χ3n) is 0.842. The fourth-order valence-electron chi connectivity index (χ4n) is 0.404. The summed E-state index contributed by atoms with van der Waals surface area (Å²) < 4.78 is 5.76. The molecule has 0 spiro atoms. The van der Waals surface area contributed by atoms with Gasteiger partial charge in [-0.05, 0) is 0 Å². The summed E-state index contributed by atoms with van der Waals surface area (Å²) in [7, 11) is 1.31. The van der Waals surface area contributed by atoms with Crippen LogP contribution in [0, 0.1) is 0 Å². The summed E-state index contributed by atoms with van der Waals surface area (Å²) in [6.07, 6.45) is 3.52. The Morgan fingerprint density at radius 3 is 2.58 bits per heavy atom. The van der Waals surface area contributed by atoms with Gasteiger partial charge in [-0.3, -0.25) is 4.79 Å². The molecule has 0 atom stereocenters. The molecule has 0 aliphatic heterocycles. The number of halogens is 1. The molecule has 0 saturated heterocycles. The summed E-state index contributed by atoms with van der Waals surface area (Å²) >= 11 is 0.0557. The summed E-state index contributed by atoms with van der Waals surface area (Å²) in [5.74, 6) is 0. The number of nitrogen functional groups attached to an aromatic ring is 1. The Bertz CT molecular complexity index is 226. The maximum absolute atomic E-state index is 8.95. The Balaban J connectivity index is 0.000000261. The molecule has 0 bridgehead atoms. The molecule has 0 radical (unpaired) electrons. The first-order valence-corrected chi connectivity index (χ1v) is 6.13. The number of nitrogens with two attached hydrogens (primary N) is 1. The topological polar surface area (TPSA) is 70.1 Å². The van der Waals surface area contributed by atoms with Gasteiger partial charge in [-0.2, -0.15) is 0 Å². The van der Waals surface area contributed by atoms with Crippen LogP contribution < -0.4 is 27.2 Å². The first-order valence-electron chi connectivity index (χ1n) is 3.01. The molecular weight excluding hydrogens is 273 g/mol. The van der Waals surface area contributed by atoms with E-state index in [1.807, 2.05) is 9.09 Å². The molecule has 70 valence electrons. The van der Waals surface area contributed by atoms with E-state index in [0.717, 1.165) is 5.69 Å². The Morgan fingerprint density at radius 1 is 1.83 bits per heavy atom. The zero-order valence-corrected chi connectivity index (χ0v) is 9.06.